The molecule has 0 aromatic rings. The minimum absolute atomic E-state index is 0.0818. The fourth-order valence-corrected chi connectivity index (χ4v) is 2.41. The first-order valence-corrected chi connectivity index (χ1v) is 5.73. The lowest BCUT2D eigenvalue weighted by Gasteiger charge is -2.33. The molecule has 0 spiro atoms. The summed E-state index contributed by atoms with van der Waals surface area (Å²) in [5, 5.41) is 3.40. The third-order valence-corrected chi connectivity index (χ3v) is 3.20. The number of nitrogens with one attached hydrogen (secondary N) is 1. The summed E-state index contributed by atoms with van der Waals surface area (Å²) in [7, 11) is 0. The van der Waals surface area contributed by atoms with Crippen molar-refractivity contribution in [1.29, 1.82) is 0 Å². The smallest absolute Gasteiger partial charge is 0.410 e. The quantitative estimate of drug-likeness (QED) is 0.687. The van der Waals surface area contributed by atoms with Crippen molar-refractivity contribution in [2.24, 2.45) is 0 Å². The van der Waals surface area contributed by atoms with Crippen molar-refractivity contribution < 1.29 is 9.53 Å². The molecule has 2 saturated heterocycles. The van der Waals surface area contributed by atoms with Crippen LogP contribution >= 0.6 is 0 Å². The van der Waals surface area contributed by atoms with Crippen LogP contribution in [0.4, 0.5) is 4.79 Å². The Morgan fingerprint density at radius 1 is 1.62 bits per heavy atom. The number of rotatable bonds is 1. The minimum Gasteiger partial charge on any atom is -0.444 e. The van der Waals surface area contributed by atoms with E-state index in [-0.39, 0.29) is 17.7 Å². The molecule has 0 aromatic heterocycles. The highest BCUT2D eigenvalue weighted by molar-refractivity contribution is 5.70. The second-order valence-electron chi connectivity index (χ2n) is 5.71. The van der Waals surface area contributed by atoms with Gasteiger partial charge in [0.15, 0.2) is 0 Å². The van der Waals surface area contributed by atoms with Crippen molar-refractivity contribution in [2.45, 2.75) is 44.4 Å². The van der Waals surface area contributed by atoms with E-state index in [0.29, 0.717) is 6.54 Å². The number of nitrogens with zero attached hydrogens (tertiary/aromatic N) is 1. The summed E-state index contributed by atoms with van der Waals surface area (Å²) >= 11 is 0. The predicted molar refractivity (Wildman–Crippen MR) is 62.3 cm³/mol. The molecular formula is C12H20N2O2. The van der Waals surface area contributed by atoms with Crippen LogP contribution in [0.3, 0.4) is 0 Å². The Morgan fingerprint density at radius 2 is 2.31 bits per heavy atom. The van der Waals surface area contributed by atoms with Crippen LogP contribution in [0.1, 0.15) is 27.2 Å². The highest BCUT2D eigenvalue weighted by atomic mass is 16.6. The number of piperazine rings is 1. The second-order valence-corrected chi connectivity index (χ2v) is 5.71. The highest BCUT2D eigenvalue weighted by Gasteiger charge is 2.50. The first kappa shape index (κ1) is 11.5. The Kier molecular flexibility index (Phi) is 2.49. The molecular weight excluding hydrogens is 204 g/mol. The van der Waals surface area contributed by atoms with Gasteiger partial charge < -0.3 is 15.0 Å². The molecule has 2 aliphatic heterocycles. The number of hydrogen-bond acceptors (Lipinski definition) is 3. The summed E-state index contributed by atoms with van der Waals surface area (Å²) in [5.74, 6) is 0. The van der Waals surface area contributed by atoms with Crippen LogP contribution in [0.15, 0.2) is 12.7 Å². The van der Waals surface area contributed by atoms with Crippen molar-refractivity contribution in [3.05, 3.63) is 12.7 Å². The van der Waals surface area contributed by atoms with Gasteiger partial charge in [-0.3, -0.25) is 0 Å². The van der Waals surface area contributed by atoms with Gasteiger partial charge in [0.25, 0.3) is 0 Å². The van der Waals surface area contributed by atoms with E-state index in [2.05, 4.69) is 11.9 Å². The molecule has 2 bridgehead atoms. The topological polar surface area (TPSA) is 41.6 Å². The number of ether oxygens (including phenoxy) is 1. The van der Waals surface area contributed by atoms with Gasteiger partial charge in [-0.2, -0.15) is 0 Å². The van der Waals surface area contributed by atoms with E-state index < -0.39 is 5.60 Å². The van der Waals surface area contributed by atoms with Crippen molar-refractivity contribution >= 4 is 6.09 Å². The molecule has 4 heteroatoms. The molecule has 0 unspecified atom stereocenters. The number of likely N-dealkylation sites (tertiary alicyclic amines) is 1. The van der Waals surface area contributed by atoms with Gasteiger partial charge in [-0.15, -0.1) is 6.58 Å². The first-order valence-electron chi connectivity index (χ1n) is 5.73. The molecule has 4 nitrogen and oxygen atoms in total. The Labute approximate surface area is 96.6 Å². The highest BCUT2D eigenvalue weighted by Crippen LogP contribution is 2.34. The summed E-state index contributed by atoms with van der Waals surface area (Å²) < 4.78 is 5.39. The van der Waals surface area contributed by atoms with Crippen LogP contribution in [-0.2, 0) is 4.74 Å². The number of amides is 1. The molecule has 2 rings (SSSR count). The maximum absolute atomic E-state index is 12.0. The van der Waals surface area contributed by atoms with E-state index in [4.69, 9.17) is 4.74 Å². The normalized spacial score (nSPS) is 32.9. The monoisotopic (exact) mass is 224 g/mol. The second kappa shape index (κ2) is 3.48. The van der Waals surface area contributed by atoms with E-state index in [1.165, 1.54) is 0 Å². The number of carbonyl (C=O) groups excluding carboxylic acids is 1. The minimum atomic E-state index is -0.423. The van der Waals surface area contributed by atoms with Crippen LogP contribution in [-0.4, -0.2) is 41.3 Å². The standard InChI is InChI=1S/C12H20N2O2/c1-5-12-6-9(7-13-12)14(8-12)10(15)16-11(2,3)4/h5,9,13H,1,6-8H2,2-4H3/t9-,12-/m1/s1. The van der Waals surface area contributed by atoms with Gasteiger partial charge >= 0.3 is 6.09 Å². The third kappa shape index (κ3) is 1.94. The largest absolute Gasteiger partial charge is 0.444 e. The fourth-order valence-electron chi connectivity index (χ4n) is 2.41. The van der Waals surface area contributed by atoms with E-state index in [9.17, 15) is 4.79 Å². The average molecular weight is 224 g/mol. The fraction of sp³-hybridized carbons (Fsp3) is 0.750. The van der Waals surface area contributed by atoms with Crippen LogP contribution in [0.2, 0.25) is 0 Å². The van der Waals surface area contributed by atoms with Gasteiger partial charge in [-0.1, -0.05) is 6.08 Å². The SMILES string of the molecule is C=C[C@]12C[C@H](CN1)N(C(=O)OC(C)(C)C)C2. The molecule has 1 N–H and O–H groups in total. The lowest BCUT2D eigenvalue weighted by Crippen LogP contribution is -2.53. The zero-order chi connectivity index (χ0) is 12.0. The van der Waals surface area contributed by atoms with E-state index in [1.54, 1.807) is 0 Å². The summed E-state index contributed by atoms with van der Waals surface area (Å²) in [6, 6.07) is 0.257. The van der Waals surface area contributed by atoms with E-state index in [0.717, 1.165) is 13.0 Å². The molecule has 2 atom stereocenters. The van der Waals surface area contributed by atoms with E-state index >= 15 is 0 Å². The maximum atomic E-state index is 12.0. The molecule has 0 aromatic carbocycles. The molecule has 0 radical (unpaired) electrons. The van der Waals surface area contributed by atoms with Crippen LogP contribution in [0.25, 0.3) is 0 Å². The summed E-state index contributed by atoms with van der Waals surface area (Å²) in [6.45, 7) is 11.0. The molecule has 0 aliphatic carbocycles. The average Bonchev–Trinajstić information content (AvgIpc) is 2.72. The van der Waals surface area contributed by atoms with E-state index in [1.807, 2.05) is 31.7 Å². The van der Waals surface area contributed by atoms with Crippen molar-refractivity contribution in [1.82, 2.24) is 10.2 Å². The zero-order valence-electron chi connectivity index (χ0n) is 10.2. The predicted octanol–water partition coefficient (Wildman–Crippen LogP) is 1.52. The third-order valence-electron chi connectivity index (χ3n) is 3.20. The Hall–Kier alpha value is -1.03. The van der Waals surface area contributed by atoms with Gasteiger partial charge in [0.1, 0.15) is 5.60 Å². The van der Waals surface area contributed by atoms with Crippen LogP contribution in [0, 0.1) is 0 Å². The number of carbonyl (C=O) groups is 1. The van der Waals surface area contributed by atoms with Crippen molar-refractivity contribution in [2.75, 3.05) is 13.1 Å². The Balaban J connectivity index is 2.03. The van der Waals surface area contributed by atoms with Crippen LogP contribution < -0.4 is 5.32 Å². The molecule has 2 aliphatic rings. The maximum Gasteiger partial charge on any atom is 0.410 e. The van der Waals surface area contributed by atoms with Gasteiger partial charge in [0.2, 0.25) is 0 Å². The molecule has 0 saturated carbocycles. The lowest BCUT2D eigenvalue weighted by atomic mass is 10.0. The molecule has 2 fully saturated rings. The summed E-state index contributed by atoms with van der Waals surface area (Å²) in [6.07, 6.45) is 2.66. The Morgan fingerprint density at radius 3 is 2.81 bits per heavy atom. The Bertz CT molecular complexity index is 321. The van der Waals surface area contributed by atoms with Crippen molar-refractivity contribution in [3.63, 3.8) is 0 Å². The molecule has 1 amide bonds. The van der Waals surface area contributed by atoms with Gasteiger partial charge in [-0.25, -0.2) is 4.79 Å². The van der Waals surface area contributed by atoms with Gasteiger partial charge in [-0.05, 0) is 27.2 Å². The number of fused-ring (bicyclic) bond motifs is 2. The molecule has 16 heavy (non-hydrogen) atoms. The molecule has 2 heterocycles. The van der Waals surface area contributed by atoms with Gasteiger partial charge in [0.05, 0.1) is 5.54 Å². The number of hydrogen-bond donors (Lipinski definition) is 1. The molecule has 90 valence electrons. The zero-order valence-corrected chi connectivity index (χ0v) is 10.2. The van der Waals surface area contributed by atoms with Crippen molar-refractivity contribution in [3.8, 4) is 0 Å². The first-order chi connectivity index (χ1) is 7.35. The van der Waals surface area contributed by atoms with Crippen LogP contribution in [0.5, 0.6) is 0 Å². The summed E-state index contributed by atoms with van der Waals surface area (Å²) in [4.78, 5) is 13.8. The van der Waals surface area contributed by atoms with Gasteiger partial charge in [0, 0.05) is 19.1 Å². The lowest BCUT2D eigenvalue weighted by molar-refractivity contribution is 0.0193. The summed E-state index contributed by atoms with van der Waals surface area (Å²) in [5.41, 5.74) is -0.505.